The Morgan fingerprint density at radius 1 is 1.38 bits per heavy atom. The Morgan fingerprint density at radius 3 is 2.71 bits per heavy atom. The molecule has 1 N–H and O–H groups in total. The van der Waals surface area contributed by atoms with Gasteiger partial charge in [0.2, 0.25) is 0 Å². The second-order valence-electron chi connectivity index (χ2n) is 4.68. The number of benzene rings is 1. The van der Waals surface area contributed by atoms with Crippen molar-refractivity contribution in [1.29, 1.82) is 0 Å². The SMILES string of the molecule is COc1ccc(-c2csc3nc(C)c(CC(=O)O)n23)cc1. The first-order chi connectivity index (χ1) is 10.1. The summed E-state index contributed by atoms with van der Waals surface area (Å²) >= 11 is 1.51. The number of aromatic nitrogens is 2. The molecule has 2 heterocycles. The van der Waals surface area contributed by atoms with Crippen LogP contribution in [0.25, 0.3) is 16.2 Å². The van der Waals surface area contributed by atoms with Crippen LogP contribution >= 0.6 is 11.3 Å². The highest BCUT2D eigenvalue weighted by atomic mass is 32.1. The summed E-state index contributed by atoms with van der Waals surface area (Å²) in [5, 5.41) is 11.1. The standard InChI is InChI=1S/C15H14N2O3S/c1-9-12(7-14(18)19)17-13(8-21-15(17)16-9)10-3-5-11(20-2)6-4-10/h3-6,8H,7H2,1-2H3,(H,18,19). The van der Waals surface area contributed by atoms with Crippen LogP contribution in [0.2, 0.25) is 0 Å². The normalized spacial score (nSPS) is 11.0. The highest BCUT2D eigenvalue weighted by Crippen LogP contribution is 2.30. The van der Waals surface area contributed by atoms with E-state index in [1.807, 2.05) is 41.0 Å². The second-order valence-corrected chi connectivity index (χ2v) is 5.52. The van der Waals surface area contributed by atoms with E-state index in [1.54, 1.807) is 7.11 Å². The minimum atomic E-state index is -0.855. The molecule has 0 amide bonds. The zero-order valence-corrected chi connectivity index (χ0v) is 12.5. The van der Waals surface area contributed by atoms with Crippen molar-refractivity contribution in [3.63, 3.8) is 0 Å². The fourth-order valence-corrected chi connectivity index (χ4v) is 3.30. The van der Waals surface area contributed by atoms with Crippen LogP contribution in [0.1, 0.15) is 11.4 Å². The summed E-state index contributed by atoms with van der Waals surface area (Å²) in [4.78, 5) is 16.3. The van der Waals surface area contributed by atoms with Gasteiger partial charge in [-0.05, 0) is 36.8 Å². The predicted octanol–water partition coefficient (Wildman–Crippen LogP) is 3.01. The van der Waals surface area contributed by atoms with Gasteiger partial charge in [-0.15, -0.1) is 11.3 Å². The molecule has 0 aliphatic carbocycles. The first kappa shape index (κ1) is 13.6. The number of carbonyl (C=O) groups is 1. The average molecular weight is 302 g/mol. The van der Waals surface area contributed by atoms with Crippen molar-refractivity contribution < 1.29 is 14.6 Å². The van der Waals surface area contributed by atoms with Crippen molar-refractivity contribution in [2.75, 3.05) is 7.11 Å². The summed E-state index contributed by atoms with van der Waals surface area (Å²) in [7, 11) is 1.63. The number of nitrogens with zero attached hydrogens (tertiary/aromatic N) is 2. The average Bonchev–Trinajstić information content (AvgIpc) is 2.99. The molecule has 0 saturated heterocycles. The molecule has 21 heavy (non-hydrogen) atoms. The van der Waals surface area contributed by atoms with E-state index >= 15 is 0 Å². The van der Waals surface area contributed by atoms with Crippen molar-refractivity contribution in [2.24, 2.45) is 0 Å². The van der Waals surface area contributed by atoms with Crippen LogP contribution < -0.4 is 4.74 Å². The number of aliphatic carboxylic acids is 1. The minimum Gasteiger partial charge on any atom is -0.497 e. The highest BCUT2D eigenvalue weighted by molar-refractivity contribution is 7.15. The fraction of sp³-hybridized carbons (Fsp3) is 0.200. The first-order valence-electron chi connectivity index (χ1n) is 6.42. The zero-order valence-electron chi connectivity index (χ0n) is 11.7. The fourth-order valence-electron chi connectivity index (χ4n) is 2.33. The number of ether oxygens (including phenoxy) is 1. The van der Waals surface area contributed by atoms with Gasteiger partial charge in [0, 0.05) is 5.38 Å². The molecule has 2 aromatic heterocycles. The lowest BCUT2D eigenvalue weighted by atomic mass is 10.1. The molecule has 5 nitrogen and oxygen atoms in total. The number of thiazole rings is 1. The Bertz CT molecular complexity index is 802. The third-order valence-electron chi connectivity index (χ3n) is 3.36. The maximum Gasteiger partial charge on any atom is 0.309 e. The van der Waals surface area contributed by atoms with E-state index in [0.717, 1.165) is 33.4 Å². The Labute approximate surface area is 125 Å². The minimum absolute atomic E-state index is 0.0348. The van der Waals surface area contributed by atoms with Crippen LogP contribution in [0, 0.1) is 6.92 Å². The molecule has 3 aromatic rings. The molecule has 6 heteroatoms. The molecule has 0 spiro atoms. The summed E-state index contributed by atoms with van der Waals surface area (Å²) in [6.07, 6.45) is -0.0348. The van der Waals surface area contributed by atoms with Crippen LogP contribution in [0.5, 0.6) is 5.75 Å². The summed E-state index contributed by atoms with van der Waals surface area (Å²) < 4.78 is 7.09. The lowest BCUT2D eigenvalue weighted by Gasteiger charge is -2.05. The van der Waals surface area contributed by atoms with Crippen molar-refractivity contribution in [2.45, 2.75) is 13.3 Å². The van der Waals surface area contributed by atoms with Gasteiger partial charge < -0.3 is 9.84 Å². The lowest BCUT2D eigenvalue weighted by molar-refractivity contribution is -0.136. The van der Waals surface area contributed by atoms with Gasteiger partial charge >= 0.3 is 5.97 Å². The smallest absolute Gasteiger partial charge is 0.309 e. The number of carboxylic acid groups (broad SMARTS) is 1. The van der Waals surface area contributed by atoms with Gasteiger partial charge in [-0.1, -0.05) is 0 Å². The van der Waals surface area contributed by atoms with Gasteiger partial charge in [0.05, 0.1) is 30.6 Å². The number of carboxylic acids is 1. The monoisotopic (exact) mass is 302 g/mol. The van der Waals surface area contributed by atoms with Crippen LogP contribution in [0.4, 0.5) is 0 Å². The topological polar surface area (TPSA) is 63.8 Å². The van der Waals surface area contributed by atoms with Gasteiger partial charge in [0.1, 0.15) is 5.75 Å². The molecule has 0 unspecified atom stereocenters. The Hall–Kier alpha value is -2.34. The Kier molecular flexibility index (Phi) is 3.39. The number of fused-ring (bicyclic) bond motifs is 1. The van der Waals surface area contributed by atoms with Crippen molar-refractivity contribution in [3.05, 3.63) is 41.0 Å². The largest absolute Gasteiger partial charge is 0.497 e. The number of hydrogen-bond donors (Lipinski definition) is 1. The van der Waals surface area contributed by atoms with Crippen molar-refractivity contribution >= 4 is 22.3 Å². The summed E-state index contributed by atoms with van der Waals surface area (Å²) in [5.41, 5.74) is 3.45. The van der Waals surface area contributed by atoms with Crippen LogP contribution in [-0.4, -0.2) is 27.6 Å². The quantitative estimate of drug-likeness (QED) is 0.804. The molecular weight excluding hydrogens is 288 g/mol. The van der Waals surface area contributed by atoms with E-state index in [1.165, 1.54) is 11.3 Å². The van der Waals surface area contributed by atoms with Crippen molar-refractivity contribution in [3.8, 4) is 17.0 Å². The molecule has 0 fully saturated rings. The highest BCUT2D eigenvalue weighted by Gasteiger charge is 2.17. The van der Waals surface area contributed by atoms with E-state index in [0.29, 0.717) is 0 Å². The summed E-state index contributed by atoms with van der Waals surface area (Å²) in [6, 6.07) is 7.69. The van der Waals surface area contributed by atoms with Crippen LogP contribution in [0.3, 0.4) is 0 Å². The molecule has 0 aliphatic rings. The number of rotatable bonds is 4. The van der Waals surface area contributed by atoms with E-state index in [4.69, 9.17) is 9.84 Å². The molecule has 0 saturated carbocycles. The Balaban J connectivity index is 2.15. The van der Waals surface area contributed by atoms with Crippen LogP contribution in [0.15, 0.2) is 29.6 Å². The predicted molar refractivity (Wildman–Crippen MR) is 81.1 cm³/mol. The maximum atomic E-state index is 11.1. The first-order valence-corrected chi connectivity index (χ1v) is 7.29. The maximum absolute atomic E-state index is 11.1. The number of methoxy groups -OCH3 is 1. The molecule has 0 bridgehead atoms. The molecule has 0 radical (unpaired) electrons. The molecule has 108 valence electrons. The number of hydrogen-bond acceptors (Lipinski definition) is 4. The Morgan fingerprint density at radius 2 is 2.10 bits per heavy atom. The molecule has 3 rings (SSSR count). The van der Waals surface area contributed by atoms with Crippen molar-refractivity contribution in [1.82, 2.24) is 9.38 Å². The van der Waals surface area contributed by atoms with E-state index in [9.17, 15) is 4.79 Å². The van der Waals surface area contributed by atoms with E-state index < -0.39 is 5.97 Å². The van der Waals surface area contributed by atoms with Gasteiger partial charge in [-0.3, -0.25) is 9.20 Å². The van der Waals surface area contributed by atoms with Gasteiger partial charge in [-0.25, -0.2) is 4.98 Å². The zero-order chi connectivity index (χ0) is 15.0. The van der Waals surface area contributed by atoms with E-state index in [2.05, 4.69) is 4.98 Å². The van der Waals surface area contributed by atoms with Gasteiger partial charge in [0.25, 0.3) is 0 Å². The second kappa shape index (κ2) is 5.21. The third kappa shape index (κ3) is 2.38. The lowest BCUT2D eigenvalue weighted by Crippen LogP contribution is -2.05. The van der Waals surface area contributed by atoms with Gasteiger partial charge in [0.15, 0.2) is 4.96 Å². The number of aryl methyl sites for hydroxylation is 1. The summed E-state index contributed by atoms with van der Waals surface area (Å²) in [5.74, 6) is -0.0652. The van der Waals surface area contributed by atoms with Crippen LogP contribution in [-0.2, 0) is 11.2 Å². The molecule has 0 aliphatic heterocycles. The molecular formula is C15H14N2O3S. The number of imidazole rings is 1. The third-order valence-corrected chi connectivity index (χ3v) is 4.19. The molecule has 0 atom stereocenters. The summed E-state index contributed by atoms with van der Waals surface area (Å²) in [6.45, 7) is 1.84. The molecule has 1 aromatic carbocycles. The van der Waals surface area contributed by atoms with E-state index in [-0.39, 0.29) is 6.42 Å². The van der Waals surface area contributed by atoms with Gasteiger partial charge in [-0.2, -0.15) is 0 Å².